The van der Waals surface area contributed by atoms with E-state index in [-0.39, 0.29) is 5.69 Å². The molecular weight excluding hydrogens is 402 g/mol. The molecule has 0 bridgehead atoms. The molecule has 0 aliphatic carbocycles. The summed E-state index contributed by atoms with van der Waals surface area (Å²) in [5.74, 6) is -0.293. The minimum atomic E-state index is -2.75. The van der Waals surface area contributed by atoms with Crippen molar-refractivity contribution in [3.63, 3.8) is 0 Å². The van der Waals surface area contributed by atoms with Gasteiger partial charge >= 0.3 is 0 Å². The lowest BCUT2D eigenvalue weighted by molar-refractivity contribution is 0.0846. The Labute approximate surface area is 170 Å². The molecule has 0 aromatic carbocycles. The Morgan fingerprint density at radius 2 is 2.03 bits per heavy atom. The SMILES string of the molecule is Cc1c(Cl)c(NC(=O)c2cccc(C(F)F)n2)cn2cc(C3CCOCC3)nc12. The first-order valence-electron chi connectivity index (χ1n) is 9.26. The molecule has 4 heterocycles. The molecule has 3 aromatic rings. The van der Waals surface area contributed by atoms with Crippen LogP contribution in [0.1, 0.15) is 52.6 Å². The highest BCUT2D eigenvalue weighted by Crippen LogP contribution is 2.32. The van der Waals surface area contributed by atoms with Crippen molar-refractivity contribution >= 4 is 28.8 Å². The fraction of sp³-hybridized carbons (Fsp3) is 0.350. The molecule has 1 N–H and O–H groups in total. The van der Waals surface area contributed by atoms with Crippen molar-refractivity contribution in [2.45, 2.75) is 32.1 Å². The molecule has 6 nitrogen and oxygen atoms in total. The van der Waals surface area contributed by atoms with Crippen molar-refractivity contribution < 1.29 is 18.3 Å². The van der Waals surface area contributed by atoms with E-state index in [1.54, 1.807) is 6.20 Å². The van der Waals surface area contributed by atoms with Gasteiger partial charge in [-0.15, -0.1) is 0 Å². The molecule has 1 aliphatic rings. The number of alkyl halides is 2. The second kappa shape index (κ2) is 8.04. The maximum Gasteiger partial charge on any atom is 0.280 e. The van der Waals surface area contributed by atoms with Gasteiger partial charge in [-0.05, 0) is 31.9 Å². The Hall–Kier alpha value is -2.58. The van der Waals surface area contributed by atoms with Gasteiger partial charge in [0.1, 0.15) is 17.0 Å². The van der Waals surface area contributed by atoms with E-state index < -0.39 is 18.0 Å². The summed E-state index contributed by atoms with van der Waals surface area (Å²) < 4.78 is 32.9. The van der Waals surface area contributed by atoms with Crippen LogP contribution in [0, 0.1) is 6.92 Å². The van der Waals surface area contributed by atoms with E-state index in [4.69, 9.17) is 21.3 Å². The van der Waals surface area contributed by atoms with Crippen LogP contribution in [0.3, 0.4) is 0 Å². The van der Waals surface area contributed by atoms with Gasteiger partial charge in [0, 0.05) is 37.1 Å². The maximum absolute atomic E-state index is 12.9. The zero-order valence-corrected chi connectivity index (χ0v) is 16.4. The van der Waals surface area contributed by atoms with Crippen LogP contribution in [0.5, 0.6) is 0 Å². The number of aryl methyl sites for hydroxylation is 1. The van der Waals surface area contributed by atoms with Gasteiger partial charge in [0.2, 0.25) is 0 Å². The Kier molecular flexibility index (Phi) is 5.47. The third-order valence-corrected chi connectivity index (χ3v) is 5.52. The molecule has 0 radical (unpaired) electrons. The number of aromatic nitrogens is 3. The van der Waals surface area contributed by atoms with Crippen LogP contribution >= 0.6 is 11.6 Å². The number of rotatable bonds is 4. The lowest BCUT2D eigenvalue weighted by Gasteiger charge is -2.19. The minimum Gasteiger partial charge on any atom is -0.381 e. The number of fused-ring (bicyclic) bond motifs is 1. The van der Waals surface area contributed by atoms with Gasteiger partial charge in [-0.3, -0.25) is 4.79 Å². The molecule has 3 aromatic heterocycles. The highest BCUT2D eigenvalue weighted by atomic mass is 35.5. The summed E-state index contributed by atoms with van der Waals surface area (Å²) in [5, 5.41) is 3.01. The molecule has 0 unspecified atom stereocenters. The number of anilines is 1. The largest absolute Gasteiger partial charge is 0.381 e. The number of nitrogens with one attached hydrogen (secondary N) is 1. The topological polar surface area (TPSA) is 68.5 Å². The number of carbonyl (C=O) groups excluding carboxylic acids is 1. The van der Waals surface area contributed by atoms with Gasteiger partial charge in [-0.25, -0.2) is 18.7 Å². The number of halogens is 3. The van der Waals surface area contributed by atoms with E-state index in [1.807, 2.05) is 17.5 Å². The fourth-order valence-electron chi connectivity index (χ4n) is 3.45. The highest BCUT2D eigenvalue weighted by Gasteiger charge is 2.21. The van der Waals surface area contributed by atoms with E-state index in [1.165, 1.54) is 18.2 Å². The summed E-state index contributed by atoms with van der Waals surface area (Å²) in [6.45, 7) is 3.25. The molecule has 1 aliphatic heterocycles. The summed E-state index contributed by atoms with van der Waals surface area (Å²) in [4.78, 5) is 21.0. The van der Waals surface area contributed by atoms with Gasteiger partial charge in [-0.1, -0.05) is 17.7 Å². The van der Waals surface area contributed by atoms with Crippen molar-refractivity contribution in [2.24, 2.45) is 0 Å². The average Bonchev–Trinajstić information content (AvgIpc) is 3.17. The summed E-state index contributed by atoms with van der Waals surface area (Å²) >= 11 is 6.45. The van der Waals surface area contributed by atoms with E-state index in [9.17, 15) is 13.6 Å². The maximum atomic E-state index is 12.9. The number of ether oxygens (including phenoxy) is 1. The van der Waals surface area contributed by atoms with Gasteiger partial charge in [0.25, 0.3) is 12.3 Å². The number of hydrogen-bond donors (Lipinski definition) is 1. The van der Waals surface area contributed by atoms with Crippen molar-refractivity contribution in [3.8, 4) is 0 Å². The second-order valence-electron chi connectivity index (χ2n) is 6.97. The third-order valence-electron chi connectivity index (χ3n) is 5.03. The first-order valence-corrected chi connectivity index (χ1v) is 9.63. The number of imidazole rings is 1. The smallest absolute Gasteiger partial charge is 0.280 e. The summed E-state index contributed by atoms with van der Waals surface area (Å²) in [7, 11) is 0. The minimum absolute atomic E-state index is 0.106. The zero-order chi connectivity index (χ0) is 20.5. The lowest BCUT2D eigenvalue weighted by Crippen LogP contribution is -2.15. The molecule has 152 valence electrons. The van der Waals surface area contributed by atoms with Gasteiger partial charge in [-0.2, -0.15) is 0 Å². The summed E-state index contributed by atoms with van der Waals surface area (Å²) in [5.41, 5.74) is 2.20. The van der Waals surface area contributed by atoms with Crippen LogP contribution in [0.15, 0.2) is 30.6 Å². The van der Waals surface area contributed by atoms with Gasteiger partial charge in [0.05, 0.1) is 16.4 Å². The number of carbonyl (C=O) groups is 1. The van der Waals surface area contributed by atoms with Gasteiger partial charge in [0.15, 0.2) is 0 Å². The zero-order valence-electron chi connectivity index (χ0n) is 15.7. The Morgan fingerprint density at radius 3 is 2.76 bits per heavy atom. The van der Waals surface area contributed by atoms with Crippen molar-refractivity contribution in [2.75, 3.05) is 18.5 Å². The number of hydrogen-bond acceptors (Lipinski definition) is 4. The summed E-state index contributed by atoms with van der Waals surface area (Å²) in [6, 6.07) is 3.92. The quantitative estimate of drug-likeness (QED) is 0.659. The van der Waals surface area contributed by atoms with E-state index >= 15 is 0 Å². The molecule has 1 amide bonds. The third kappa shape index (κ3) is 3.95. The van der Waals surface area contributed by atoms with Crippen LogP contribution in [-0.2, 0) is 4.74 Å². The number of nitrogens with zero attached hydrogens (tertiary/aromatic N) is 3. The predicted molar refractivity (Wildman–Crippen MR) is 105 cm³/mol. The molecule has 4 rings (SSSR count). The summed E-state index contributed by atoms with van der Waals surface area (Å²) in [6.07, 6.45) is 2.67. The molecule has 0 saturated carbocycles. The predicted octanol–water partition coefficient (Wildman–Crippen LogP) is 4.78. The van der Waals surface area contributed by atoms with Crippen molar-refractivity contribution in [1.29, 1.82) is 0 Å². The molecule has 0 atom stereocenters. The lowest BCUT2D eigenvalue weighted by atomic mass is 9.97. The monoisotopic (exact) mass is 420 g/mol. The first-order chi connectivity index (χ1) is 13.9. The normalized spacial score (nSPS) is 15.2. The standard InChI is InChI=1S/C20H19ClF2N4O2/c1-11-17(21)16(26-20(28)14-4-2-3-13(24-14)18(22)23)10-27-9-15(25-19(11)27)12-5-7-29-8-6-12/h2-4,9-10,12,18H,5-8H2,1H3,(H,26,28). The molecule has 0 spiro atoms. The molecular formula is C20H19ClF2N4O2. The Bertz CT molecular complexity index is 1060. The van der Waals surface area contributed by atoms with E-state index in [2.05, 4.69) is 10.3 Å². The second-order valence-corrected chi connectivity index (χ2v) is 7.35. The fourth-order valence-corrected chi connectivity index (χ4v) is 3.63. The van der Waals surface area contributed by atoms with Crippen molar-refractivity contribution in [1.82, 2.24) is 14.4 Å². The van der Waals surface area contributed by atoms with Crippen LogP contribution in [0.2, 0.25) is 5.02 Å². The Balaban J connectivity index is 1.64. The van der Waals surface area contributed by atoms with E-state index in [0.29, 0.717) is 35.5 Å². The van der Waals surface area contributed by atoms with Crippen LogP contribution in [0.25, 0.3) is 5.65 Å². The average molecular weight is 421 g/mol. The van der Waals surface area contributed by atoms with Gasteiger partial charge < -0.3 is 14.5 Å². The first kappa shape index (κ1) is 19.7. The molecule has 29 heavy (non-hydrogen) atoms. The molecule has 1 fully saturated rings. The Morgan fingerprint density at radius 1 is 1.28 bits per heavy atom. The van der Waals surface area contributed by atoms with Crippen LogP contribution in [-0.4, -0.2) is 33.5 Å². The van der Waals surface area contributed by atoms with E-state index in [0.717, 1.165) is 24.1 Å². The molecule has 1 saturated heterocycles. The van der Waals surface area contributed by atoms with Crippen molar-refractivity contribution in [3.05, 3.63) is 58.3 Å². The molecule has 9 heteroatoms. The van der Waals surface area contributed by atoms with Crippen LogP contribution in [0.4, 0.5) is 14.5 Å². The number of pyridine rings is 2. The number of amides is 1. The van der Waals surface area contributed by atoms with Crippen LogP contribution < -0.4 is 5.32 Å². The highest BCUT2D eigenvalue weighted by molar-refractivity contribution is 6.35.